The number of rotatable bonds is 3. The van der Waals surface area contributed by atoms with Gasteiger partial charge in [0.1, 0.15) is 11.4 Å². The summed E-state index contributed by atoms with van der Waals surface area (Å²) in [6.07, 6.45) is 2.89. The van der Waals surface area contributed by atoms with Gasteiger partial charge in [-0.1, -0.05) is 26.0 Å². The molecular weight excluding hydrogens is 396 g/mol. The van der Waals surface area contributed by atoms with Crippen LogP contribution in [0.4, 0.5) is 11.6 Å². The Bertz CT molecular complexity index is 1150. The average Bonchev–Trinajstić information content (AvgIpc) is 3.22. The van der Waals surface area contributed by atoms with Gasteiger partial charge >= 0.3 is 0 Å². The fourth-order valence-electron chi connectivity index (χ4n) is 4.29. The summed E-state index contributed by atoms with van der Waals surface area (Å²) in [5.74, 6) is -0.0858. The summed E-state index contributed by atoms with van der Waals surface area (Å²) in [5, 5.41) is 10.3. The maximum absolute atomic E-state index is 13.2. The predicted molar refractivity (Wildman–Crippen MR) is 114 cm³/mol. The van der Waals surface area contributed by atoms with E-state index in [1.165, 1.54) is 0 Å². The van der Waals surface area contributed by atoms with Crippen molar-refractivity contribution >= 4 is 17.5 Å². The molecule has 160 valence electrons. The summed E-state index contributed by atoms with van der Waals surface area (Å²) in [4.78, 5) is 21.7. The zero-order valence-corrected chi connectivity index (χ0v) is 17.4. The third-order valence-corrected chi connectivity index (χ3v) is 5.65. The van der Waals surface area contributed by atoms with Crippen molar-refractivity contribution in [2.24, 2.45) is 0 Å². The first-order valence-electron chi connectivity index (χ1n) is 10.3. The van der Waals surface area contributed by atoms with E-state index in [2.05, 4.69) is 39.3 Å². The first kappa shape index (κ1) is 19.7. The lowest BCUT2D eigenvalue weighted by Crippen LogP contribution is -2.29. The molecule has 1 aliphatic carbocycles. The number of hydrogen-bond acceptors (Lipinski definition) is 7. The number of nitrogens with one attached hydrogen (secondary N) is 2. The Balaban J connectivity index is 1.45. The van der Waals surface area contributed by atoms with Crippen LogP contribution < -0.4 is 11.1 Å². The molecule has 9 heteroatoms. The minimum absolute atomic E-state index is 0.183. The van der Waals surface area contributed by atoms with Crippen molar-refractivity contribution < 1.29 is 14.3 Å². The summed E-state index contributed by atoms with van der Waals surface area (Å²) >= 11 is 0. The molecule has 0 spiro atoms. The molecule has 2 aromatic heterocycles. The number of amides is 1. The van der Waals surface area contributed by atoms with Crippen LogP contribution in [0, 0.1) is 0 Å². The lowest BCUT2D eigenvalue weighted by Gasteiger charge is -2.30. The minimum atomic E-state index is -0.411. The van der Waals surface area contributed by atoms with Gasteiger partial charge in [-0.2, -0.15) is 5.10 Å². The molecule has 9 nitrogen and oxygen atoms in total. The van der Waals surface area contributed by atoms with Gasteiger partial charge in [0.2, 0.25) is 5.95 Å². The summed E-state index contributed by atoms with van der Waals surface area (Å²) in [6, 6.07) is 7.49. The third-order valence-electron chi connectivity index (χ3n) is 5.65. The number of nitrogen functional groups attached to an aromatic ring is 1. The molecule has 4 N–H and O–H groups in total. The number of fused-ring (bicyclic) bond motifs is 3. The molecule has 1 amide bonds. The van der Waals surface area contributed by atoms with Crippen molar-refractivity contribution in [2.45, 2.75) is 38.4 Å². The van der Waals surface area contributed by atoms with Crippen LogP contribution in [0.15, 0.2) is 30.5 Å². The molecule has 3 heterocycles. The number of H-pyrrole nitrogens is 1. The number of carbonyl (C=O) groups is 1. The van der Waals surface area contributed by atoms with Crippen LogP contribution in [0.3, 0.4) is 0 Å². The van der Waals surface area contributed by atoms with Gasteiger partial charge in [0.05, 0.1) is 18.9 Å². The maximum Gasteiger partial charge on any atom is 0.273 e. The summed E-state index contributed by atoms with van der Waals surface area (Å²) in [7, 11) is 0. The number of anilines is 2. The molecule has 0 radical (unpaired) electrons. The van der Waals surface area contributed by atoms with Crippen LogP contribution in [0.25, 0.3) is 11.4 Å². The van der Waals surface area contributed by atoms with Crippen molar-refractivity contribution in [3.05, 3.63) is 52.8 Å². The van der Waals surface area contributed by atoms with Crippen LogP contribution in [0.2, 0.25) is 0 Å². The molecule has 31 heavy (non-hydrogen) atoms. The SMILES string of the molecule is CC1(C)Cc2cnc(N)nc2-c2n[nH]c(C(=O)Nc3cccc(C4OCCCO4)c3)c21. The van der Waals surface area contributed by atoms with Crippen molar-refractivity contribution in [3.8, 4) is 11.4 Å². The first-order chi connectivity index (χ1) is 14.9. The largest absolute Gasteiger partial charge is 0.368 e. The van der Waals surface area contributed by atoms with E-state index in [1.54, 1.807) is 6.20 Å². The molecular formula is C22H24N6O3. The maximum atomic E-state index is 13.2. The molecule has 0 bridgehead atoms. The highest BCUT2D eigenvalue weighted by Crippen LogP contribution is 2.42. The fraction of sp³-hybridized carbons (Fsp3) is 0.364. The Morgan fingerprint density at radius 1 is 1.26 bits per heavy atom. The lowest BCUT2D eigenvalue weighted by atomic mass is 9.73. The lowest BCUT2D eigenvalue weighted by molar-refractivity contribution is -0.183. The zero-order chi connectivity index (χ0) is 21.6. The van der Waals surface area contributed by atoms with Crippen LogP contribution in [-0.4, -0.2) is 39.3 Å². The summed E-state index contributed by atoms with van der Waals surface area (Å²) in [5.41, 5.74) is 10.5. The molecule has 0 atom stereocenters. The van der Waals surface area contributed by atoms with Gasteiger partial charge in [0, 0.05) is 23.0 Å². The standard InChI is InChI=1S/C22H24N6O3/c1-22(2)10-13-11-24-21(23)26-16(13)17-15(22)18(28-27-17)19(29)25-14-6-3-5-12(9-14)20-30-7-4-8-31-20/h3,5-6,9,11,20H,4,7-8,10H2,1-2H3,(H,25,29)(H,27,28)(H2,23,24,26). The van der Waals surface area contributed by atoms with E-state index in [9.17, 15) is 4.79 Å². The normalized spacial score (nSPS) is 17.6. The molecule has 1 aromatic carbocycles. The molecule has 1 aliphatic heterocycles. The van der Waals surface area contributed by atoms with Gasteiger partial charge in [-0.05, 0) is 36.0 Å². The van der Waals surface area contributed by atoms with Gasteiger partial charge < -0.3 is 20.5 Å². The first-order valence-corrected chi connectivity index (χ1v) is 10.3. The van der Waals surface area contributed by atoms with Gasteiger partial charge in [-0.25, -0.2) is 9.97 Å². The van der Waals surface area contributed by atoms with Crippen LogP contribution in [-0.2, 0) is 21.3 Å². The van der Waals surface area contributed by atoms with E-state index in [0.717, 1.165) is 23.1 Å². The smallest absolute Gasteiger partial charge is 0.273 e. The number of aromatic amines is 1. The number of aromatic nitrogens is 4. The number of nitrogens with two attached hydrogens (primary N) is 1. The molecule has 5 rings (SSSR count). The van der Waals surface area contributed by atoms with Crippen molar-refractivity contribution in [1.82, 2.24) is 20.2 Å². The minimum Gasteiger partial charge on any atom is -0.368 e. The second-order valence-corrected chi connectivity index (χ2v) is 8.49. The van der Waals surface area contributed by atoms with Crippen molar-refractivity contribution in [1.29, 1.82) is 0 Å². The number of benzene rings is 1. The molecule has 1 saturated heterocycles. The summed E-state index contributed by atoms with van der Waals surface area (Å²) < 4.78 is 11.3. The topological polar surface area (TPSA) is 128 Å². The second-order valence-electron chi connectivity index (χ2n) is 8.49. The van der Waals surface area contributed by atoms with E-state index in [0.29, 0.717) is 42.4 Å². The van der Waals surface area contributed by atoms with E-state index >= 15 is 0 Å². The molecule has 1 fully saturated rings. The highest BCUT2D eigenvalue weighted by atomic mass is 16.7. The zero-order valence-electron chi connectivity index (χ0n) is 17.4. The number of hydrogen-bond donors (Lipinski definition) is 3. The monoisotopic (exact) mass is 420 g/mol. The number of nitrogens with zero attached hydrogens (tertiary/aromatic N) is 3. The van der Waals surface area contributed by atoms with Crippen molar-refractivity contribution in [3.63, 3.8) is 0 Å². The van der Waals surface area contributed by atoms with E-state index in [4.69, 9.17) is 15.2 Å². The quantitative estimate of drug-likeness (QED) is 0.594. The van der Waals surface area contributed by atoms with Gasteiger partial charge in [-0.15, -0.1) is 0 Å². The van der Waals surface area contributed by atoms with E-state index in [1.807, 2.05) is 24.3 Å². The Labute approximate surface area is 179 Å². The summed E-state index contributed by atoms with van der Waals surface area (Å²) in [6.45, 7) is 5.48. The third kappa shape index (κ3) is 3.55. The molecule has 0 unspecified atom stereocenters. The Morgan fingerprint density at radius 2 is 2.06 bits per heavy atom. The van der Waals surface area contributed by atoms with Gasteiger partial charge in [0.25, 0.3) is 5.91 Å². The molecule has 2 aliphatic rings. The molecule has 3 aromatic rings. The van der Waals surface area contributed by atoms with Crippen LogP contribution >= 0.6 is 0 Å². The highest BCUT2D eigenvalue weighted by Gasteiger charge is 2.38. The average molecular weight is 420 g/mol. The van der Waals surface area contributed by atoms with E-state index < -0.39 is 6.29 Å². The Kier molecular flexibility index (Phi) is 4.71. The van der Waals surface area contributed by atoms with Crippen LogP contribution in [0.1, 0.15) is 53.7 Å². The Hall–Kier alpha value is -3.30. The fourth-order valence-corrected chi connectivity index (χ4v) is 4.29. The number of ether oxygens (including phenoxy) is 2. The van der Waals surface area contributed by atoms with Crippen molar-refractivity contribution in [2.75, 3.05) is 24.3 Å². The van der Waals surface area contributed by atoms with Gasteiger partial charge in [-0.3, -0.25) is 9.89 Å². The second kappa shape index (κ2) is 7.44. The van der Waals surface area contributed by atoms with Crippen LogP contribution in [0.5, 0.6) is 0 Å². The molecule has 0 saturated carbocycles. The highest BCUT2D eigenvalue weighted by molar-refractivity contribution is 6.05. The van der Waals surface area contributed by atoms with Gasteiger partial charge in [0.15, 0.2) is 6.29 Å². The van der Waals surface area contributed by atoms with E-state index in [-0.39, 0.29) is 17.3 Å². The number of carbonyl (C=O) groups excluding carboxylic acids is 1. The predicted octanol–water partition coefficient (Wildman–Crippen LogP) is 2.97. The Morgan fingerprint density at radius 3 is 2.87 bits per heavy atom.